The molecule has 5 nitrogen and oxygen atoms in total. The van der Waals surface area contributed by atoms with Gasteiger partial charge in [0.15, 0.2) is 11.3 Å². The standard InChI is InChI=1S/C16H20BrNO4/c1-11-7-12(2)9-18(8-11)15(19)10-21-16(20)6-4-13-3-5-14(17)22-13/h3-6,11-12H,7-10H2,1-2H3/b6-4+/t11-,12-/m1/s1. The monoisotopic (exact) mass is 369 g/mol. The molecule has 6 heteroatoms. The summed E-state index contributed by atoms with van der Waals surface area (Å²) >= 11 is 3.18. The zero-order chi connectivity index (χ0) is 16.1. The molecule has 0 radical (unpaired) electrons. The highest BCUT2D eigenvalue weighted by Crippen LogP contribution is 2.21. The second kappa shape index (κ2) is 7.63. The Morgan fingerprint density at radius 1 is 1.36 bits per heavy atom. The molecule has 0 aliphatic carbocycles. The van der Waals surface area contributed by atoms with Crippen molar-refractivity contribution in [1.29, 1.82) is 0 Å². The summed E-state index contributed by atoms with van der Waals surface area (Å²) in [5, 5.41) is 0. The SMILES string of the molecule is C[C@@H]1C[C@@H](C)CN(C(=O)COC(=O)/C=C/c2ccc(Br)o2)C1. The third kappa shape index (κ3) is 5.02. The van der Waals surface area contributed by atoms with Gasteiger partial charge in [-0.05, 0) is 52.4 Å². The highest BCUT2D eigenvalue weighted by Gasteiger charge is 2.25. The Labute approximate surface area is 138 Å². The molecule has 1 fully saturated rings. The molecule has 22 heavy (non-hydrogen) atoms. The molecule has 2 heterocycles. The predicted molar refractivity (Wildman–Crippen MR) is 85.9 cm³/mol. The van der Waals surface area contributed by atoms with E-state index in [1.54, 1.807) is 17.0 Å². The number of nitrogens with zero attached hydrogens (tertiary/aromatic N) is 1. The van der Waals surface area contributed by atoms with Crippen LogP contribution in [0, 0.1) is 11.8 Å². The zero-order valence-corrected chi connectivity index (χ0v) is 14.3. The number of hydrogen-bond acceptors (Lipinski definition) is 4. The normalized spacial score (nSPS) is 22.0. The van der Waals surface area contributed by atoms with Crippen molar-refractivity contribution < 1.29 is 18.7 Å². The molecule has 1 aromatic heterocycles. The van der Waals surface area contributed by atoms with Gasteiger partial charge in [0.1, 0.15) is 5.76 Å². The molecule has 0 spiro atoms. The number of carbonyl (C=O) groups excluding carboxylic acids is 2. The summed E-state index contributed by atoms with van der Waals surface area (Å²) in [6.07, 6.45) is 3.88. The highest BCUT2D eigenvalue weighted by atomic mass is 79.9. The van der Waals surface area contributed by atoms with Crippen LogP contribution >= 0.6 is 15.9 Å². The van der Waals surface area contributed by atoms with Crippen LogP contribution < -0.4 is 0 Å². The first-order valence-electron chi connectivity index (χ1n) is 7.32. The van der Waals surface area contributed by atoms with Crippen molar-refractivity contribution in [3.05, 3.63) is 28.6 Å². The van der Waals surface area contributed by atoms with Crippen LogP contribution in [0.1, 0.15) is 26.0 Å². The van der Waals surface area contributed by atoms with Crippen molar-refractivity contribution >= 4 is 33.9 Å². The minimum absolute atomic E-state index is 0.138. The molecule has 2 atom stereocenters. The maximum atomic E-state index is 12.1. The summed E-state index contributed by atoms with van der Waals surface area (Å²) in [6.45, 7) is 5.51. The Morgan fingerprint density at radius 2 is 2.05 bits per heavy atom. The lowest BCUT2D eigenvalue weighted by atomic mass is 9.92. The molecular formula is C16H20BrNO4. The first-order valence-corrected chi connectivity index (χ1v) is 8.11. The second-order valence-electron chi connectivity index (χ2n) is 5.83. The average Bonchev–Trinajstić information content (AvgIpc) is 2.87. The molecule has 120 valence electrons. The fraction of sp³-hybridized carbons (Fsp3) is 0.500. The summed E-state index contributed by atoms with van der Waals surface area (Å²) in [4.78, 5) is 25.5. The Morgan fingerprint density at radius 3 is 2.64 bits per heavy atom. The number of amides is 1. The van der Waals surface area contributed by atoms with Gasteiger partial charge in [0.25, 0.3) is 5.91 Å². The lowest BCUT2D eigenvalue weighted by molar-refractivity contribution is -0.149. The van der Waals surface area contributed by atoms with Gasteiger partial charge < -0.3 is 14.1 Å². The van der Waals surface area contributed by atoms with Crippen LogP contribution in [0.3, 0.4) is 0 Å². The molecule has 2 rings (SSSR count). The molecule has 0 N–H and O–H groups in total. The first kappa shape index (κ1) is 16.8. The minimum atomic E-state index is -0.557. The maximum absolute atomic E-state index is 12.1. The molecule has 1 aliphatic rings. The maximum Gasteiger partial charge on any atom is 0.331 e. The van der Waals surface area contributed by atoms with Crippen molar-refractivity contribution in [2.75, 3.05) is 19.7 Å². The van der Waals surface area contributed by atoms with E-state index in [9.17, 15) is 9.59 Å². The molecule has 0 saturated carbocycles. The summed E-state index contributed by atoms with van der Waals surface area (Å²) < 4.78 is 10.8. The number of esters is 1. The zero-order valence-electron chi connectivity index (χ0n) is 12.8. The van der Waals surface area contributed by atoms with Gasteiger partial charge in [0.05, 0.1) is 0 Å². The van der Waals surface area contributed by atoms with E-state index in [2.05, 4.69) is 29.8 Å². The quantitative estimate of drug-likeness (QED) is 0.604. The number of likely N-dealkylation sites (tertiary alicyclic amines) is 1. The van der Waals surface area contributed by atoms with E-state index >= 15 is 0 Å². The van der Waals surface area contributed by atoms with Crippen LogP contribution in [0.15, 0.2) is 27.3 Å². The molecule has 1 amide bonds. The van der Waals surface area contributed by atoms with Crippen LogP contribution in [0.2, 0.25) is 0 Å². The average molecular weight is 370 g/mol. The van der Waals surface area contributed by atoms with Crippen molar-refractivity contribution in [3.8, 4) is 0 Å². The van der Waals surface area contributed by atoms with E-state index in [0.717, 1.165) is 19.5 Å². The van der Waals surface area contributed by atoms with Gasteiger partial charge in [0.2, 0.25) is 0 Å². The van der Waals surface area contributed by atoms with E-state index in [1.807, 2.05) is 0 Å². The number of carbonyl (C=O) groups is 2. The van der Waals surface area contributed by atoms with Crippen molar-refractivity contribution in [1.82, 2.24) is 4.90 Å². The Kier molecular flexibility index (Phi) is 5.83. The smallest absolute Gasteiger partial charge is 0.331 e. The van der Waals surface area contributed by atoms with E-state index in [0.29, 0.717) is 22.3 Å². The van der Waals surface area contributed by atoms with Crippen LogP contribution in [0.25, 0.3) is 6.08 Å². The molecule has 1 saturated heterocycles. The summed E-state index contributed by atoms with van der Waals surface area (Å²) in [5.74, 6) is 0.815. The van der Waals surface area contributed by atoms with Gasteiger partial charge >= 0.3 is 5.97 Å². The number of rotatable bonds is 4. The first-order chi connectivity index (χ1) is 10.4. The largest absolute Gasteiger partial charge is 0.452 e. The van der Waals surface area contributed by atoms with Gasteiger partial charge in [0, 0.05) is 19.2 Å². The topological polar surface area (TPSA) is 59.8 Å². The lowest BCUT2D eigenvalue weighted by Gasteiger charge is -2.34. The third-order valence-corrected chi connectivity index (χ3v) is 3.96. The molecule has 0 bridgehead atoms. The van der Waals surface area contributed by atoms with E-state index in [4.69, 9.17) is 9.15 Å². The number of piperidine rings is 1. The van der Waals surface area contributed by atoms with Gasteiger partial charge in [-0.25, -0.2) is 4.79 Å². The van der Waals surface area contributed by atoms with Crippen LogP contribution in [0.5, 0.6) is 0 Å². The Bertz CT molecular complexity index is 556. The minimum Gasteiger partial charge on any atom is -0.452 e. The number of halogens is 1. The third-order valence-electron chi connectivity index (χ3n) is 3.54. The highest BCUT2D eigenvalue weighted by molar-refractivity contribution is 9.10. The lowest BCUT2D eigenvalue weighted by Crippen LogP contribution is -2.44. The van der Waals surface area contributed by atoms with E-state index < -0.39 is 5.97 Å². The molecule has 0 aromatic carbocycles. The van der Waals surface area contributed by atoms with Crippen molar-refractivity contribution in [2.45, 2.75) is 20.3 Å². The van der Waals surface area contributed by atoms with Crippen LogP contribution in [-0.4, -0.2) is 36.5 Å². The second-order valence-corrected chi connectivity index (χ2v) is 6.61. The summed E-state index contributed by atoms with van der Waals surface area (Å²) in [7, 11) is 0. The van der Waals surface area contributed by atoms with Crippen molar-refractivity contribution in [2.24, 2.45) is 11.8 Å². The molecule has 0 unspecified atom stereocenters. The van der Waals surface area contributed by atoms with Crippen LogP contribution in [-0.2, 0) is 14.3 Å². The molecule has 1 aromatic rings. The number of furan rings is 1. The van der Waals surface area contributed by atoms with Crippen molar-refractivity contribution in [3.63, 3.8) is 0 Å². The predicted octanol–water partition coefficient (Wildman–Crippen LogP) is 3.10. The van der Waals surface area contributed by atoms with E-state index in [-0.39, 0.29) is 12.5 Å². The fourth-order valence-corrected chi connectivity index (χ4v) is 3.03. The van der Waals surface area contributed by atoms with Gasteiger partial charge in [-0.2, -0.15) is 0 Å². The number of ether oxygens (including phenoxy) is 1. The van der Waals surface area contributed by atoms with Crippen LogP contribution in [0.4, 0.5) is 0 Å². The van der Waals surface area contributed by atoms with Gasteiger partial charge in [-0.1, -0.05) is 13.8 Å². The summed E-state index contributed by atoms with van der Waals surface area (Å²) in [6, 6.07) is 3.45. The van der Waals surface area contributed by atoms with Gasteiger partial charge in [-0.3, -0.25) is 4.79 Å². The Balaban J connectivity index is 1.78. The number of hydrogen-bond donors (Lipinski definition) is 0. The Hall–Kier alpha value is -1.56. The fourth-order valence-electron chi connectivity index (χ4n) is 2.71. The van der Waals surface area contributed by atoms with E-state index in [1.165, 1.54) is 12.2 Å². The van der Waals surface area contributed by atoms with Gasteiger partial charge in [-0.15, -0.1) is 0 Å². The summed E-state index contributed by atoms with van der Waals surface area (Å²) in [5.41, 5.74) is 0. The molecule has 1 aliphatic heterocycles. The molecular weight excluding hydrogens is 350 g/mol.